The van der Waals surface area contributed by atoms with Gasteiger partial charge in [-0.15, -0.1) is 0 Å². The molecule has 1 aromatic rings. The van der Waals surface area contributed by atoms with Gasteiger partial charge in [0.05, 0.1) is 11.1 Å². The number of likely N-dealkylation sites (tertiary alicyclic amines) is 1. The summed E-state index contributed by atoms with van der Waals surface area (Å²) < 4.78 is 5.42. The normalized spacial score (nSPS) is 23.3. The lowest BCUT2D eigenvalue weighted by atomic mass is 10.0. The van der Waals surface area contributed by atoms with Gasteiger partial charge in [-0.25, -0.2) is 4.79 Å². The average molecular weight is 442 g/mol. The number of amides is 5. The Morgan fingerprint density at radius 2 is 1.88 bits per heavy atom. The number of piperidine rings is 1. The predicted octanol–water partition coefficient (Wildman–Crippen LogP) is 1.51. The van der Waals surface area contributed by atoms with Crippen LogP contribution in [0, 0.1) is 0 Å². The molecule has 10 heteroatoms. The Morgan fingerprint density at radius 1 is 1.12 bits per heavy atom. The van der Waals surface area contributed by atoms with E-state index in [1.165, 1.54) is 0 Å². The molecule has 0 aromatic heterocycles. The molecule has 1 aromatic carbocycles. The lowest BCUT2D eigenvalue weighted by Gasteiger charge is -2.28. The van der Waals surface area contributed by atoms with Crippen molar-refractivity contribution in [2.24, 2.45) is 0 Å². The quantitative estimate of drug-likeness (QED) is 0.680. The van der Waals surface area contributed by atoms with Crippen molar-refractivity contribution in [1.82, 2.24) is 15.1 Å². The SMILES string of the molecule is CC(C)(C)OC(=O)N1CC[C@H](Nc2cccc3c2C(=O)N(C2CCC(=O)NC2=O)C3=O)C1. The number of anilines is 1. The Hall–Kier alpha value is -3.43. The summed E-state index contributed by atoms with van der Waals surface area (Å²) in [7, 11) is 0. The molecule has 0 saturated carbocycles. The number of nitrogens with zero attached hydrogens (tertiary/aromatic N) is 2. The van der Waals surface area contributed by atoms with Crippen molar-refractivity contribution in [3.8, 4) is 0 Å². The standard InChI is InChI=1S/C22H26N4O6/c1-22(2,3)32-21(31)25-10-9-12(11-25)23-14-6-4-5-13-17(14)20(30)26(19(13)29)15-7-8-16(27)24-18(15)28/h4-6,12,15,23H,7-11H2,1-3H3,(H,24,27,28)/t12-,15?/m0/s1. The third kappa shape index (κ3) is 4.04. The third-order valence-corrected chi connectivity index (χ3v) is 5.67. The van der Waals surface area contributed by atoms with Crippen LogP contribution in [0.1, 0.15) is 60.7 Å². The van der Waals surface area contributed by atoms with Gasteiger partial charge in [-0.1, -0.05) is 6.07 Å². The van der Waals surface area contributed by atoms with Gasteiger partial charge in [-0.2, -0.15) is 0 Å². The number of fused-ring (bicyclic) bond motifs is 1. The first-order valence-electron chi connectivity index (χ1n) is 10.6. The summed E-state index contributed by atoms with van der Waals surface area (Å²) in [6.07, 6.45) is 0.432. The molecule has 32 heavy (non-hydrogen) atoms. The van der Waals surface area contributed by atoms with Crippen LogP contribution in [0.15, 0.2) is 18.2 Å². The number of rotatable bonds is 3. The van der Waals surface area contributed by atoms with E-state index in [4.69, 9.17) is 4.74 Å². The molecule has 5 amide bonds. The van der Waals surface area contributed by atoms with Crippen LogP contribution < -0.4 is 10.6 Å². The van der Waals surface area contributed by atoms with E-state index in [2.05, 4.69) is 10.6 Å². The van der Waals surface area contributed by atoms with Crippen LogP contribution in [-0.2, 0) is 14.3 Å². The molecule has 0 radical (unpaired) electrons. The maximum absolute atomic E-state index is 13.2. The molecule has 2 saturated heterocycles. The van der Waals surface area contributed by atoms with E-state index in [1.54, 1.807) is 43.9 Å². The number of carbonyl (C=O) groups is 5. The van der Waals surface area contributed by atoms with Gasteiger partial charge in [-0.3, -0.25) is 29.4 Å². The topological polar surface area (TPSA) is 125 Å². The molecule has 3 aliphatic rings. The van der Waals surface area contributed by atoms with Crippen LogP contribution in [0.2, 0.25) is 0 Å². The summed E-state index contributed by atoms with van der Waals surface area (Å²) in [5.41, 5.74) is 0.311. The van der Waals surface area contributed by atoms with Crippen molar-refractivity contribution in [1.29, 1.82) is 0 Å². The third-order valence-electron chi connectivity index (χ3n) is 5.67. The minimum atomic E-state index is -1.01. The van der Waals surface area contributed by atoms with Crippen molar-refractivity contribution in [3.63, 3.8) is 0 Å². The van der Waals surface area contributed by atoms with E-state index in [1.807, 2.05) is 0 Å². The number of benzene rings is 1. The Labute approximate surface area is 185 Å². The largest absolute Gasteiger partial charge is 0.444 e. The lowest BCUT2D eigenvalue weighted by molar-refractivity contribution is -0.136. The van der Waals surface area contributed by atoms with Crippen molar-refractivity contribution in [2.75, 3.05) is 18.4 Å². The molecule has 2 N–H and O–H groups in total. The zero-order valence-corrected chi connectivity index (χ0v) is 18.3. The summed E-state index contributed by atoms with van der Waals surface area (Å²) in [5.74, 6) is -2.18. The van der Waals surface area contributed by atoms with E-state index in [9.17, 15) is 24.0 Å². The van der Waals surface area contributed by atoms with Crippen molar-refractivity contribution >= 4 is 35.4 Å². The monoisotopic (exact) mass is 442 g/mol. The highest BCUT2D eigenvalue weighted by Gasteiger charge is 2.46. The van der Waals surface area contributed by atoms with Crippen LogP contribution in [0.5, 0.6) is 0 Å². The zero-order valence-electron chi connectivity index (χ0n) is 18.3. The smallest absolute Gasteiger partial charge is 0.410 e. The highest BCUT2D eigenvalue weighted by atomic mass is 16.6. The molecular weight excluding hydrogens is 416 g/mol. The molecule has 2 fully saturated rings. The van der Waals surface area contributed by atoms with Crippen LogP contribution in [0.3, 0.4) is 0 Å². The zero-order chi connectivity index (χ0) is 23.2. The number of hydrogen-bond acceptors (Lipinski definition) is 7. The first kappa shape index (κ1) is 21.8. The number of hydrogen-bond donors (Lipinski definition) is 2. The van der Waals surface area contributed by atoms with Crippen LogP contribution in [-0.4, -0.2) is 70.3 Å². The number of nitrogens with one attached hydrogen (secondary N) is 2. The second-order valence-electron chi connectivity index (χ2n) is 9.23. The van der Waals surface area contributed by atoms with E-state index in [-0.39, 0.29) is 30.0 Å². The van der Waals surface area contributed by atoms with Gasteiger partial charge in [0.25, 0.3) is 11.8 Å². The van der Waals surface area contributed by atoms with Crippen molar-refractivity contribution in [2.45, 2.75) is 57.7 Å². The summed E-state index contributed by atoms with van der Waals surface area (Å²) in [4.78, 5) is 64.7. The molecule has 0 spiro atoms. The highest BCUT2D eigenvalue weighted by Crippen LogP contribution is 2.33. The molecule has 4 rings (SSSR count). The van der Waals surface area contributed by atoms with Crippen molar-refractivity contribution in [3.05, 3.63) is 29.3 Å². The lowest BCUT2D eigenvalue weighted by Crippen LogP contribution is -2.54. The second kappa shape index (κ2) is 7.92. The minimum Gasteiger partial charge on any atom is -0.444 e. The summed E-state index contributed by atoms with van der Waals surface area (Å²) in [6, 6.07) is 3.78. The van der Waals surface area contributed by atoms with E-state index in [0.29, 0.717) is 25.2 Å². The Bertz CT molecular complexity index is 1010. The van der Waals surface area contributed by atoms with Gasteiger partial charge >= 0.3 is 6.09 Å². The molecule has 2 atom stereocenters. The fourth-order valence-electron chi connectivity index (χ4n) is 4.23. The van der Waals surface area contributed by atoms with Crippen LogP contribution in [0.25, 0.3) is 0 Å². The predicted molar refractivity (Wildman–Crippen MR) is 113 cm³/mol. The maximum Gasteiger partial charge on any atom is 0.410 e. The molecular formula is C22H26N4O6. The van der Waals surface area contributed by atoms with Gasteiger partial charge in [0.2, 0.25) is 11.8 Å². The van der Waals surface area contributed by atoms with E-state index < -0.39 is 41.4 Å². The summed E-state index contributed by atoms with van der Waals surface area (Å²) in [5, 5.41) is 5.47. The number of carbonyl (C=O) groups excluding carboxylic acids is 5. The Kier molecular flexibility index (Phi) is 5.39. The van der Waals surface area contributed by atoms with Gasteiger partial charge in [0.1, 0.15) is 11.6 Å². The Balaban J connectivity index is 1.50. The molecule has 0 aliphatic carbocycles. The van der Waals surface area contributed by atoms with Gasteiger partial charge in [0.15, 0.2) is 0 Å². The van der Waals surface area contributed by atoms with Gasteiger partial charge in [-0.05, 0) is 45.7 Å². The highest BCUT2D eigenvalue weighted by molar-refractivity contribution is 6.25. The van der Waals surface area contributed by atoms with Crippen LogP contribution in [0.4, 0.5) is 10.5 Å². The summed E-state index contributed by atoms with van der Waals surface area (Å²) >= 11 is 0. The average Bonchev–Trinajstić information content (AvgIpc) is 3.25. The molecule has 10 nitrogen and oxygen atoms in total. The minimum absolute atomic E-state index is 0.0670. The first-order valence-corrected chi connectivity index (χ1v) is 10.6. The first-order chi connectivity index (χ1) is 15.0. The van der Waals surface area contributed by atoms with E-state index in [0.717, 1.165) is 4.90 Å². The number of ether oxygens (including phenoxy) is 1. The van der Waals surface area contributed by atoms with Gasteiger partial charge < -0.3 is 15.0 Å². The number of imide groups is 2. The summed E-state index contributed by atoms with van der Waals surface area (Å²) in [6.45, 7) is 6.33. The Morgan fingerprint density at radius 3 is 2.56 bits per heavy atom. The fraction of sp³-hybridized carbons (Fsp3) is 0.500. The van der Waals surface area contributed by atoms with Crippen LogP contribution >= 0.6 is 0 Å². The fourth-order valence-corrected chi connectivity index (χ4v) is 4.23. The molecule has 0 bridgehead atoms. The maximum atomic E-state index is 13.2. The van der Waals surface area contributed by atoms with E-state index >= 15 is 0 Å². The molecule has 3 aliphatic heterocycles. The molecule has 3 heterocycles. The van der Waals surface area contributed by atoms with Crippen molar-refractivity contribution < 1.29 is 28.7 Å². The molecule has 1 unspecified atom stereocenters. The molecule has 170 valence electrons. The van der Waals surface area contributed by atoms with Gasteiger partial charge in [0, 0.05) is 31.2 Å². The second-order valence-corrected chi connectivity index (χ2v) is 9.23.